The zero-order valence-corrected chi connectivity index (χ0v) is 10.8. The standard InChI is InChI=1S/C13H25N/c1-8-9(2)13(7)12(5,6)10(3)11(4)14-13/h9,14H,8H2,1-7H3/t9-,13?/m0/s1. The fourth-order valence-electron chi connectivity index (χ4n) is 2.65. The molecule has 0 aromatic rings. The van der Waals surface area contributed by atoms with Gasteiger partial charge in [-0.15, -0.1) is 0 Å². The van der Waals surface area contributed by atoms with Crippen LogP contribution in [0.1, 0.15) is 54.9 Å². The highest BCUT2D eigenvalue weighted by Crippen LogP contribution is 2.48. The van der Waals surface area contributed by atoms with E-state index in [0.29, 0.717) is 5.92 Å². The van der Waals surface area contributed by atoms with E-state index in [4.69, 9.17) is 0 Å². The third-order valence-corrected chi connectivity index (χ3v) is 4.84. The van der Waals surface area contributed by atoms with E-state index in [0.717, 1.165) is 0 Å². The van der Waals surface area contributed by atoms with Crippen molar-refractivity contribution in [1.82, 2.24) is 5.32 Å². The van der Waals surface area contributed by atoms with Crippen LogP contribution >= 0.6 is 0 Å². The first-order chi connectivity index (χ1) is 6.27. The number of rotatable bonds is 2. The number of hydrogen-bond donors (Lipinski definition) is 1. The second kappa shape index (κ2) is 3.29. The van der Waals surface area contributed by atoms with Crippen LogP contribution in [0, 0.1) is 11.3 Å². The molecule has 0 aromatic carbocycles. The normalized spacial score (nSPS) is 33.1. The number of hydrogen-bond acceptors (Lipinski definition) is 1. The maximum atomic E-state index is 3.70. The van der Waals surface area contributed by atoms with Gasteiger partial charge in [-0.05, 0) is 32.3 Å². The van der Waals surface area contributed by atoms with Gasteiger partial charge < -0.3 is 5.32 Å². The fourth-order valence-corrected chi connectivity index (χ4v) is 2.65. The summed E-state index contributed by atoms with van der Waals surface area (Å²) < 4.78 is 0. The minimum atomic E-state index is 0.218. The van der Waals surface area contributed by atoms with Gasteiger partial charge in [0.15, 0.2) is 0 Å². The van der Waals surface area contributed by atoms with Crippen LogP contribution in [0.5, 0.6) is 0 Å². The molecular weight excluding hydrogens is 170 g/mol. The molecule has 82 valence electrons. The van der Waals surface area contributed by atoms with E-state index < -0.39 is 0 Å². The Kier molecular flexibility index (Phi) is 2.73. The lowest BCUT2D eigenvalue weighted by molar-refractivity contribution is 0.142. The van der Waals surface area contributed by atoms with Gasteiger partial charge in [-0.2, -0.15) is 0 Å². The van der Waals surface area contributed by atoms with Crippen molar-refractivity contribution in [2.24, 2.45) is 11.3 Å². The van der Waals surface area contributed by atoms with E-state index in [1.54, 1.807) is 0 Å². The Morgan fingerprint density at radius 3 is 2.00 bits per heavy atom. The van der Waals surface area contributed by atoms with Crippen molar-refractivity contribution in [3.63, 3.8) is 0 Å². The van der Waals surface area contributed by atoms with Gasteiger partial charge in [0.1, 0.15) is 0 Å². The highest BCUT2D eigenvalue weighted by atomic mass is 15.0. The first-order valence-electron chi connectivity index (χ1n) is 5.73. The van der Waals surface area contributed by atoms with Crippen molar-refractivity contribution in [3.8, 4) is 0 Å². The monoisotopic (exact) mass is 195 g/mol. The van der Waals surface area contributed by atoms with Crippen LogP contribution in [0.2, 0.25) is 0 Å². The quantitative estimate of drug-likeness (QED) is 0.708. The smallest absolute Gasteiger partial charge is 0.0456 e. The lowest BCUT2D eigenvalue weighted by atomic mass is 9.65. The van der Waals surface area contributed by atoms with Crippen LogP contribution < -0.4 is 5.32 Å². The summed E-state index contributed by atoms with van der Waals surface area (Å²) in [5.74, 6) is 0.699. The van der Waals surface area contributed by atoms with Crippen LogP contribution in [-0.2, 0) is 0 Å². The first-order valence-corrected chi connectivity index (χ1v) is 5.73. The van der Waals surface area contributed by atoms with E-state index >= 15 is 0 Å². The SMILES string of the molecule is CC[C@H](C)C1(C)NC(C)=C(C)C1(C)C. The summed E-state index contributed by atoms with van der Waals surface area (Å²) in [7, 11) is 0. The van der Waals surface area contributed by atoms with Crippen molar-refractivity contribution in [2.75, 3.05) is 0 Å². The zero-order chi connectivity index (χ0) is 11.1. The van der Waals surface area contributed by atoms with Crippen LogP contribution in [0.25, 0.3) is 0 Å². The van der Waals surface area contributed by atoms with Gasteiger partial charge in [-0.1, -0.05) is 34.1 Å². The molecular formula is C13H25N. The van der Waals surface area contributed by atoms with Crippen molar-refractivity contribution < 1.29 is 0 Å². The summed E-state index contributed by atoms with van der Waals surface area (Å²) in [6, 6.07) is 0. The van der Waals surface area contributed by atoms with Gasteiger partial charge in [-0.3, -0.25) is 0 Å². The van der Waals surface area contributed by atoms with E-state index in [9.17, 15) is 0 Å². The summed E-state index contributed by atoms with van der Waals surface area (Å²) >= 11 is 0. The molecule has 0 spiro atoms. The molecule has 1 aliphatic heterocycles. The van der Waals surface area contributed by atoms with Gasteiger partial charge in [0.2, 0.25) is 0 Å². The number of nitrogens with one attached hydrogen (secondary N) is 1. The highest BCUT2D eigenvalue weighted by Gasteiger charge is 2.49. The average Bonchev–Trinajstić information content (AvgIpc) is 2.27. The van der Waals surface area contributed by atoms with Gasteiger partial charge in [0.25, 0.3) is 0 Å². The topological polar surface area (TPSA) is 12.0 Å². The molecule has 0 aromatic heterocycles. The molecule has 2 atom stereocenters. The minimum absolute atomic E-state index is 0.218. The molecule has 1 heterocycles. The molecule has 0 bridgehead atoms. The maximum absolute atomic E-state index is 3.70. The van der Waals surface area contributed by atoms with E-state index in [-0.39, 0.29) is 11.0 Å². The van der Waals surface area contributed by atoms with Crippen molar-refractivity contribution >= 4 is 0 Å². The highest BCUT2D eigenvalue weighted by molar-refractivity contribution is 5.31. The minimum Gasteiger partial charge on any atom is -0.382 e. The third kappa shape index (κ3) is 1.29. The Balaban J connectivity index is 3.08. The molecule has 1 unspecified atom stereocenters. The maximum Gasteiger partial charge on any atom is 0.0456 e. The lowest BCUT2D eigenvalue weighted by Gasteiger charge is -2.44. The van der Waals surface area contributed by atoms with Crippen LogP contribution in [-0.4, -0.2) is 5.54 Å². The van der Waals surface area contributed by atoms with Crippen LogP contribution in [0.4, 0.5) is 0 Å². The van der Waals surface area contributed by atoms with E-state index in [2.05, 4.69) is 53.8 Å². The van der Waals surface area contributed by atoms with Crippen LogP contribution in [0.15, 0.2) is 11.3 Å². The van der Waals surface area contributed by atoms with E-state index in [1.165, 1.54) is 17.7 Å². The lowest BCUT2D eigenvalue weighted by Crippen LogP contribution is -2.53. The molecule has 14 heavy (non-hydrogen) atoms. The third-order valence-electron chi connectivity index (χ3n) is 4.84. The Morgan fingerprint density at radius 1 is 1.21 bits per heavy atom. The molecule has 0 radical (unpaired) electrons. The summed E-state index contributed by atoms with van der Waals surface area (Å²) in [5, 5.41) is 3.70. The second-order valence-electron chi connectivity index (χ2n) is 5.51. The molecule has 1 aliphatic rings. The van der Waals surface area contributed by atoms with Gasteiger partial charge in [-0.25, -0.2) is 0 Å². The largest absolute Gasteiger partial charge is 0.382 e. The Hall–Kier alpha value is -0.460. The van der Waals surface area contributed by atoms with Gasteiger partial charge >= 0.3 is 0 Å². The number of allylic oxidation sites excluding steroid dienone is 1. The van der Waals surface area contributed by atoms with E-state index in [1.807, 2.05) is 0 Å². The Morgan fingerprint density at radius 2 is 1.71 bits per heavy atom. The van der Waals surface area contributed by atoms with Crippen molar-refractivity contribution in [1.29, 1.82) is 0 Å². The predicted molar refractivity (Wildman–Crippen MR) is 63.2 cm³/mol. The molecule has 0 saturated heterocycles. The molecule has 0 aliphatic carbocycles. The Bertz CT molecular complexity index is 262. The zero-order valence-electron chi connectivity index (χ0n) is 10.8. The average molecular weight is 195 g/mol. The van der Waals surface area contributed by atoms with Crippen molar-refractivity contribution in [3.05, 3.63) is 11.3 Å². The van der Waals surface area contributed by atoms with Crippen molar-refractivity contribution in [2.45, 2.75) is 60.4 Å². The molecule has 1 heteroatoms. The summed E-state index contributed by atoms with van der Waals surface area (Å²) in [4.78, 5) is 0. The summed E-state index contributed by atoms with van der Waals surface area (Å²) in [5.41, 5.74) is 3.38. The molecule has 1 rings (SSSR count). The van der Waals surface area contributed by atoms with Gasteiger partial charge in [0, 0.05) is 16.7 Å². The fraction of sp³-hybridized carbons (Fsp3) is 0.846. The molecule has 0 amide bonds. The van der Waals surface area contributed by atoms with Crippen LogP contribution in [0.3, 0.4) is 0 Å². The predicted octanol–water partition coefficient (Wildman–Crippen LogP) is 3.71. The first kappa shape index (κ1) is 11.6. The van der Waals surface area contributed by atoms with Gasteiger partial charge in [0.05, 0.1) is 0 Å². The summed E-state index contributed by atoms with van der Waals surface area (Å²) in [6.45, 7) is 16.2. The second-order valence-corrected chi connectivity index (χ2v) is 5.51. The molecule has 1 nitrogen and oxygen atoms in total. The Labute approximate surface area is 89.0 Å². The molecule has 0 saturated carbocycles. The molecule has 1 N–H and O–H groups in total. The molecule has 0 fully saturated rings. The summed E-state index contributed by atoms with van der Waals surface area (Å²) in [6.07, 6.45) is 1.23.